The van der Waals surface area contributed by atoms with Crippen molar-refractivity contribution in [1.29, 1.82) is 0 Å². The van der Waals surface area contributed by atoms with Gasteiger partial charge >= 0.3 is 11.9 Å². The van der Waals surface area contributed by atoms with Gasteiger partial charge in [-0.1, -0.05) is 35.3 Å². The zero-order valence-corrected chi connectivity index (χ0v) is 21.1. The number of imide groups is 1. The van der Waals surface area contributed by atoms with Gasteiger partial charge in [0.1, 0.15) is 22.5 Å². The van der Waals surface area contributed by atoms with Crippen LogP contribution in [0.5, 0.6) is 0 Å². The molecule has 0 fully saturated rings. The predicted molar refractivity (Wildman–Crippen MR) is 127 cm³/mol. The fourth-order valence-corrected chi connectivity index (χ4v) is 4.39. The van der Waals surface area contributed by atoms with E-state index in [0.717, 1.165) is 6.26 Å². The van der Waals surface area contributed by atoms with Crippen LogP contribution >= 0.6 is 23.2 Å². The molecule has 1 aliphatic rings. The third-order valence-electron chi connectivity index (χ3n) is 5.15. The highest BCUT2D eigenvalue weighted by atomic mass is 35.5. The quantitative estimate of drug-likeness (QED) is 0.349. The minimum absolute atomic E-state index is 0.0453. The van der Waals surface area contributed by atoms with Gasteiger partial charge in [0.05, 0.1) is 39.1 Å². The molecule has 1 atom stereocenters. The molecule has 2 aromatic rings. The number of carbonyl (C=O) groups is 4. The van der Waals surface area contributed by atoms with Crippen LogP contribution in [0, 0.1) is 0 Å². The summed E-state index contributed by atoms with van der Waals surface area (Å²) in [5.41, 5.74) is 0.748. The number of carbonyl (C=O) groups excluding carboxylic acids is 4. The van der Waals surface area contributed by atoms with Gasteiger partial charge in [0.25, 0.3) is 11.8 Å². The van der Waals surface area contributed by atoms with E-state index in [1.165, 1.54) is 24.3 Å². The summed E-state index contributed by atoms with van der Waals surface area (Å²) in [5, 5.41) is 0.102. The van der Waals surface area contributed by atoms with Crippen molar-refractivity contribution in [3.8, 4) is 0 Å². The van der Waals surface area contributed by atoms with Crippen LogP contribution in [0.2, 0.25) is 10.0 Å². The molecule has 1 aliphatic heterocycles. The number of sulfone groups is 1. The lowest BCUT2D eigenvalue weighted by Gasteiger charge is -2.24. The van der Waals surface area contributed by atoms with E-state index in [0.29, 0.717) is 16.0 Å². The van der Waals surface area contributed by atoms with Gasteiger partial charge in [-0.2, -0.15) is 0 Å². The van der Waals surface area contributed by atoms with E-state index in [4.69, 9.17) is 32.7 Å². The highest BCUT2D eigenvalue weighted by molar-refractivity contribution is 7.90. The van der Waals surface area contributed by atoms with Crippen molar-refractivity contribution in [3.05, 3.63) is 68.7 Å². The van der Waals surface area contributed by atoms with Crippen molar-refractivity contribution in [2.75, 3.05) is 18.6 Å². The third-order valence-corrected chi connectivity index (χ3v) is 6.85. The number of benzene rings is 2. The van der Waals surface area contributed by atoms with Gasteiger partial charge in [-0.05, 0) is 43.2 Å². The van der Waals surface area contributed by atoms with Crippen molar-refractivity contribution in [1.82, 2.24) is 4.90 Å². The average molecular weight is 542 g/mol. The summed E-state index contributed by atoms with van der Waals surface area (Å²) in [4.78, 5) is 51.4. The highest BCUT2D eigenvalue weighted by Gasteiger charge is 2.44. The van der Waals surface area contributed by atoms with Gasteiger partial charge in [0.2, 0.25) is 0 Å². The van der Waals surface area contributed by atoms with Crippen LogP contribution < -0.4 is 0 Å². The number of ether oxygens (including phenoxy) is 2. The van der Waals surface area contributed by atoms with Crippen LogP contribution in [-0.2, 0) is 30.7 Å². The summed E-state index contributed by atoms with van der Waals surface area (Å²) in [5.74, 6) is -3.54. The maximum Gasteiger partial charge on any atom is 0.338 e. The van der Waals surface area contributed by atoms with Crippen molar-refractivity contribution >= 4 is 56.8 Å². The molecular formula is C23H21Cl2NO8S. The summed E-state index contributed by atoms with van der Waals surface area (Å²) in [7, 11) is -3.53. The minimum atomic E-state index is -3.53. The lowest BCUT2D eigenvalue weighted by molar-refractivity contribution is -0.149. The average Bonchev–Trinajstić information content (AvgIpc) is 3.02. The van der Waals surface area contributed by atoms with E-state index in [9.17, 15) is 27.6 Å². The topological polar surface area (TPSA) is 124 Å². The number of rotatable bonds is 9. The Labute approximate surface area is 211 Å². The van der Waals surface area contributed by atoms with E-state index >= 15 is 0 Å². The molecule has 9 nitrogen and oxygen atoms in total. The molecule has 0 aliphatic carbocycles. The lowest BCUT2D eigenvalue weighted by Crippen LogP contribution is -2.46. The molecule has 1 heterocycles. The van der Waals surface area contributed by atoms with E-state index in [2.05, 4.69) is 0 Å². The molecule has 186 valence electrons. The SMILES string of the molecule is CCOC(=O)c1ccc(COC(=O)[C@H](CCS(C)(=O)=O)N2C(=O)c3cc(Cl)c(Cl)cc3C2=O)cc1. The Bertz CT molecular complexity index is 1250. The molecule has 0 saturated heterocycles. The highest BCUT2D eigenvalue weighted by Crippen LogP contribution is 2.33. The van der Waals surface area contributed by atoms with Crippen molar-refractivity contribution in [2.45, 2.75) is 26.0 Å². The summed E-state index contributed by atoms with van der Waals surface area (Å²) in [6.07, 6.45) is 0.620. The molecule has 0 spiro atoms. The molecular weight excluding hydrogens is 521 g/mol. The van der Waals surface area contributed by atoms with E-state index in [1.54, 1.807) is 19.1 Å². The molecule has 0 bridgehead atoms. The Kier molecular flexibility index (Phi) is 8.19. The Morgan fingerprint density at radius 2 is 1.51 bits per heavy atom. The molecule has 12 heteroatoms. The van der Waals surface area contributed by atoms with Gasteiger partial charge in [0.15, 0.2) is 0 Å². The fraction of sp³-hybridized carbons (Fsp3) is 0.304. The normalized spacial score (nSPS) is 14.0. The second-order valence-electron chi connectivity index (χ2n) is 7.75. The summed E-state index contributed by atoms with van der Waals surface area (Å²) in [6.45, 7) is 1.67. The Balaban J connectivity index is 1.81. The van der Waals surface area contributed by atoms with E-state index in [1.807, 2.05) is 0 Å². The lowest BCUT2D eigenvalue weighted by atomic mass is 10.1. The first-order valence-electron chi connectivity index (χ1n) is 10.4. The summed E-state index contributed by atoms with van der Waals surface area (Å²) < 4.78 is 33.7. The van der Waals surface area contributed by atoms with Crippen molar-refractivity contribution in [2.24, 2.45) is 0 Å². The molecule has 0 unspecified atom stereocenters. The van der Waals surface area contributed by atoms with Crippen LogP contribution in [0.25, 0.3) is 0 Å². The zero-order chi connectivity index (χ0) is 25.9. The van der Waals surface area contributed by atoms with Crippen LogP contribution in [0.1, 0.15) is 50.0 Å². The Morgan fingerprint density at radius 3 is 2.00 bits per heavy atom. The molecule has 2 amide bonds. The second-order valence-corrected chi connectivity index (χ2v) is 10.8. The maximum absolute atomic E-state index is 13.0. The van der Waals surface area contributed by atoms with Crippen molar-refractivity contribution in [3.63, 3.8) is 0 Å². The van der Waals surface area contributed by atoms with E-state index in [-0.39, 0.29) is 40.8 Å². The van der Waals surface area contributed by atoms with Crippen LogP contribution in [0.4, 0.5) is 0 Å². The molecule has 0 radical (unpaired) electrons. The first kappa shape index (κ1) is 26.7. The molecule has 0 N–H and O–H groups in total. The molecule has 2 aromatic carbocycles. The Hall–Kier alpha value is -2.95. The summed E-state index contributed by atoms with van der Waals surface area (Å²) >= 11 is 11.9. The van der Waals surface area contributed by atoms with E-state index < -0.39 is 45.4 Å². The molecule has 3 rings (SSSR count). The molecule has 35 heavy (non-hydrogen) atoms. The maximum atomic E-state index is 13.0. The first-order valence-corrected chi connectivity index (χ1v) is 13.2. The number of amides is 2. The Morgan fingerprint density at radius 1 is 0.971 bits per heavy atom. The number of halogens is 2. The minimum Gasteiger partial charge on any atom is -0.462 e. The third kappa shape index (κ3) is 6.19. The van der Waals surface area contributed by atoms with Gasteiger partial charge in [-0.3, -0.25) is 14.5 Å². The number of hydrogen-bond donors (Lipinski definition) is 0. The smallest absolute Gasteiger partial charge is 0.338 e. The largest absolute Gasteiger partial charge is 0.462 e. The second kappa shape index (κ2) is 10.8. The van der Waals surface area contributed by atoms with Gasteiger partial charge in [0, 0.05) is 6.26 Å². The van der Waals surface area contributed by atoms with Crippen LogP contribution in [0.3, 0.4) is 0 Å². The molecule has 0 saturated carbocycles. The van der Waals surface area contributed by atoms with Crippen LogP contribution in [-0.4, -0.2) is 61.7 Å². The number of hydrogen-bond acceptors (Lipinski definition) is 8. The zero-order valence-electron chi connectivity index (χ0n) is 18.7. The van der Waals surface area contributed by atoms with Gasteiger partial charge < -0.3 is 9.47 Å². The number of esters is 2. The summed E-state index contributed by atoms with van der Waals surface area (Å²) in [6, 6.07) is 7.06. The first-order chi connectivity index (χ1) is 16.4. The monoisotopic (exact) mass is 541 g/mol. The number of fused-ring (bicyclic) bond motifs is 1. The van der Waals surface area contributed by atoms with Crippen LogP contribution in [0.15, 0.2) is 36.4 Å². The fourth-order valence-electron chi connectivity index (χ4n) is 3.42. The van der Waals surface area contributed by atoms with Gasteiger partial charge in [-0.25, -0.2) is 18.0 Å². The molecule has 0 aromatic heterocycles. The van der Waals surface area contributed by atoms with Crippen molar-refractivity contribution < 1.29 is 37.1 Å². The van der Waals surface area contributed by atoms with Gasteiger partial charge in [-0.15, -0.1) is 0 Å². The standard InChI is InChI=1S/C23H21Cl2NO8S/c1-3-33-22(29)14-6-4-13(5-7-14)12-34-23(30)19(8-9-35(2,31)32)26-20(27)15-10-17(24)18(25)11-16(15)21(26)28/h4-7,10-11,19H,3,8-9,12H2,1-2H3/t19-/m0/s1. The predicted octanol–water partition coefficient (Wildman–Crippen LogP) is 3.31. The number of nitrogens with zero attached hydrogens (tertiary/aromatic N) is 1.